The van der Waals surface area contributed by atoms with Crippen molar-refractivity contribution in [3.8, 4) is 6.07 Å². The van der Waals surface area contributed by atoms with Crippen LogP contribution in [0, 0.1) is 23.2 Å². The van der Waals surface area contributed by atoms with Crippen LogP contribution in [0.3, 0.4) is 0 Å². The SMILES string of the molecule is CCC/C=C\C1CC(Cn2nnc3ncc(N(C)c4ccnc(C#N)c4)nc32)CCC1N. The highest BCUT2D eigenvalue weighted by Crippen LogP contribution is 2.31. The molecule has 166 valence electrons. The van der Waals surface area contributed by atoms with Crippen LogP contribution in [0.25, 0.3) is 11.3 Å². The molecule has 0 aliphatic heterocycles. The van der Waals surface area contributed by atoms with Gasteiger partial charge in [0, 0.05) is 31.5 Å². The van der Waals surface area contributed by atoms with Crippen LogP contribution in [0.1, 0.15) is 44.7 Å². The number of unbranched alkanes of at least 4 members (excludes halogenated alkanes) is 1. The van der Waals surface area contributed by atoms with E-state index in [4.69, 9.17) is 16.0 Å². The van der Waals surface area contributed by atoms with Gasteiger partial charge in [0.15, 0.2) is 11.5 Å². The third-order valence-corrected chi connectivity index (χ3v) is 6.14. The molecule has 0 bridgehead atoms. The topological polar surface area (TPSA) is 122 Å². The van der Waals surface area contributed by atoms with E-state index in [0.717, 1.165) is 44.3 Å². The number of aromatic nitrogens is 6. The van der Waals surface area contributed by atoms with Gasteiger partial charge in [-0.25, -0.2) is 19.6 Å². The molecule has 9 heteroatoms. The average molecular weight is 432 g/mol. The summed E-state index contributed by atoms with van der Waals surface area (Å²) < 4.78 is 1.86. The molecule has 2 N–H and O–H groups in total. The van der Waals surface area contributed by atoms with Crippen molar-refractivity contribution in [2.24, 2.45) is 17.6 Å². The van der Waals surface area contributed by atoms with Crippen LogP contribution in [0.4, 0.5) is 11.5 Å². The van der Waals surface area contributed by atoms with Crippen molar-refractivity contribution in [2.45, 2.75) is 51.6 Å². The van der Waals surface area contributed by atoms with Crippen LogP contribution in [-0.2, 0) is 6.54 Å². The zero-order valence-electron chi connectivity index (χ0n) is 18.6. The predicted molar refractivity (Wildman–Crippen MR) is 123 cm³/mol. The van der Waals surface area contributed by atoms with Gasteiger partial charge < -0.3 is 10.6 Å². The fourth-order valence-electron chi connectivity index (χ4n) is 4.24. The van der Waals surface area contributed by atoms with Gasteiger partial charge in [-0.1, -0.05) is 30.7 Å². The zero-order chi connectivity index (χ0) is 22.5. The third-order valence-electron chi connectivity index (χ3n) is 6.14. The predicted octanol–water partition coefficient (Wildman–Crippen LogP) is 3.36. The lowest BCUT2D eigenvalue weighted by molar-refractivity contribution is 0.241. The summed E-state index contributed by atoms with van der Waals surface area (Å²) in [5.74, 6) is 1.53. The number of anilines is 2. The second kappa shape index (κ2) is 9.83. The summed E-state index contributed by atoms with van der Waals surface area (Å²) in [6.45, 7) is 2.94. The van der Waals surface area contributed by atoms with Gasteiger partial charge in [-0.3, -0.25) is 0 Å². The summed E-state index contributed by atoms with van der Waals surface area (Å²) in [5, 5.41) is 17.7. The molecule has 0 radical (unpaired) electrons. The molecule has 3 aromatic heterocycles. The summed E-state index contributed by atoms with van der Waals surface area (Å²) in [5.41, 5.74) is 8.74. The molecular formula is C23H29N9. The Morgan fingerprint density at radius 2 is 2.22 bits per heavy atom. The van der Waals surface area contributed by atoms with Crippen molar-refractivity contribution < 1.29 is 0 Å². The molecule has 3 heterocycles. The van der Waals surface area contributed by atoms with E-state index >= 15 is 0 Å². The average Bonchev–Trinajstić information content (AvgIpc) is 3.22. The smallest absolute Gasteiger partial charge is 0.221 e. The molecule has 1 aliphatic rings. The number of pyridine rings is 1. The number of nitrogens with zero attached hydrogens (tertiary/aromatic N) is 8. The van der Waals surface area contributed by atoms with E-state index in [0.29, 0.717) is 34.6 Å². The number of nitriles is 1. The van der Waals surface area contributed by atoms with Gasteiger partial charge in [0.25, 0.3) is 0 Å². The minimum Gasteiger partial charge on any atom is -0.328 e. The number of fused-ring (bicyclic) bond motifs is 1. The van der Waals surface area contributed by atoms with Crippen molar-refractivity contribution in [2.75, 3.05) is 11.9 Å². The van der Waals surface area contributed by atoms with Gasteiger partial charge in [-0.05, 0) is 49.7 Å². The molecule has 1 aliphatic carbocycles. The second-order valence-corrected chi connectivity index (χ2v) is 8.44. The third kappa shape index (κ3) is 4.75. The minimum absolute atomic E-state index is 0.227. The van der Waals surface area contributed by atoms with E-state index in [1.54, 1.807) is 18.5 Å². The van der Waals surface area contributed by atoms with Crippen molar-refractivity contribution in [1.82, 2.24) is 29.9 Å². The van der Waals surface area contributed by atoms with Gasteiger partial charge in [0.2, 0.25) is 5.65 Å². The van der Waals surface area contributed by atoms with E-state index in [9.17, 15) is 0 Å². The summed E-state index contributed by atoms with van der Waals surface area (Å²) in [6, 6.07) is 5.85. The highest BCUT2D eigenvalue weighted by molar-refractivity contribution is 5.69. The lowest BCUT2D eigenvalue weighted by Gasteiger charge is -2.32. The van der Waals surface area contributed by atoms with Crippen LogP contribution in [0.2, 0.25) is 0 Å². The standard InChI is InChI=1S/C23H29N9/c1-3-4-5-6-17-11-16(7-8-20(17)25)15-32-23-22(29-30-32)27-14-21(28-23)31(2)19-9-10-26-18(12-19)13-24/h5-6,9-10,12,14,16-17,20H,3-4,7-8,11,15,25H2,1-2H3/b6-5-. The van der Waals surface area contributed by atoms with E-state index in [1.807, 2.05) is 22.7 Å². The van der Waals surface area contributed by atoms with Crippen molar-refractivity contribution in [3.63, 3.8) is 0 Å². The minimum atomic E-state index is 0.227. The van der Waals surface area contributed by atoms with Crippen molar-refractivity contribution in [1.29, 1.82) is 5.26 Å². The Labute approximate surface area is 188 Å². The monoisotopic (exact) mass is 431 g/mol. The van der Waals surface area contributed by atoms with Crippen LogP contribution in [0.15, 0.2) is 36.7 Å². The molecule has 4 rings (SSSR count). The Morgan fingerprint density at radius 1 is 1.34 bits per heavy atom. The fraction of sp³-hybridized carbons (Fsp3) is 0.478. The fourth-order valence-corrected chi connectivity index (χ4v) is 4.24. The Bertz CT molecular complexity index is 1130. The molecule has 0 spiro atoms. The van der Waals surface area contributed by atoms with Crippen LogP contribution in [0.5, 0.6) is 0 Å². The summed E-state index contributed by atoms with van der Waals surface area (Å²) in [4.78, 5) is 15.1. The second-order valence-electron chi connectivity index (χ2n) is 8.44. The molecule has 1 fully saturated rings. The molecule has 3 unspecified atom stereocenters. The highest BCUT2D eigenvalue weighted by atomic mass is 15.5. The highest BCUT2D eigenvalue weighted by Gasteiger charge is 2.27. The lowest BCUT2D eigenvalue weighted by Crippen LogP contribution is -2.36. The maximum atomic E-state index is 9.12. The number of hydrogen-bond donors (Lipinski definition) is 1. The Balaban J connectivity index is 1.53. The maximum absolute atomic E-state index is 9.12. The molecule has 3 atom stereocenters. The first-order valence-corrected chi connectivity index (χ1v) is 11.2. The van der Waals surface area contributed by atoms with Crippen LogP contribution >= 0.6 is 0 Å². The molecular weight excluding hydrogens is 402 g/mol. The first-order valence-electron chi connectivity index (χ1n) is 11.2. The van der Waals surface area contributed by atoms with Gasteiger partial charge in [0.1, 0.15) is 11.8 Å². The number of rotatable bonds is 7. The summed E-state index contributed by atoms with van der Waals surface area (Å²) >= 11 is 0. The van der Waals surface area contributed by atoms with E-state index in [1.165, 1.54) is 0 Å². The zero-order valence-corrected chi connectivity index (χ0v) is 18.6. The van der Waals surface area contributed by atoms with Crippen molar-refractivity contribution >= 4 is 22.8 Å². The molecule has 0 aromatic carbocycles. The Kier molecular flexibility index (Phi) is 6.71. The van der Waals surface area contributed by atoms with E-state index < -0.39 is 0 Å². The first-order chi connectivity index (χ1) is 15.6. The lowest BCUT2D eigenvalue weighted by atomic mass is 9.78. The normalized spacial score (nSPS) is 21.1. The molecule has 0 saturated heterocycles. The largest absolute Gasteiger partial charge is 0.328 e. The van der Waals surface area contributed by atoms with Crippen LogP contribution < -0.4 is 10.6 Å². The molecule has 9 nitrogen and oxygen atoms in total. The number of hydrogen-bond acceptors (Lipinski definition) is 8. The number of allylic oxidation sites excluding steroid dienone is 1. The van der Waals surface area contributed by atoms with Crippen LogP contribution in [-0.4, -0.2) is 43.0 Å². The summed E-state index contributed by atoms with van der Waals surface area (Å²) in [6.07, 6.45) is 13.2. The van der Waals surface area contributed by atoms with Gasteiger partial charge in [0.05, 0.1) is 6.20 Å². The molecule has 3 aromatic rings. The quantitative estimate of drug-likeness (QED) is 0.565. The van der Waals surface area contributed by atoms with Gasteiger partial charge >= 0.3 is 0 Å². The van der Waals surface area contributed by atoms with E-state index in [-0.39, 0.29) is 6.04 Å². The molecule has 1 saturated carbocycles. The molecule has 0 amide bonds. The van der Waals surface area contributed by atoms with E-state index in [2.05, 4.69) is 45.4 Å². The van der Waals surface area contributed by atoms with Gasteiger partial charge in [-0.2, -0.15) is 5.26 Å². The van der Waals surface area contributed by atoms with Gasteiger partial charge in [-0.15, -0.1) is 5.10 Å². The Morgan fingerprint density at radius 3 is 3.03 bits per heavy atom. The molecule has 32 heavy (non-hydrogen) atoms. The Hall–Kier alpha value is -3.38. The first kappa shape index (κ1) is 21.8. The van der Waals surface area contributed by atoms with Crippen molar-refractivity contribution in [3.05, 3.63) is 42.4 Å². The summed E-state index contributed by atoms with van der Waals surface area (Å²) in [7, 11) is 1.89. The number of nitrogens with two attached hydrogens (primary N) is 1. The maximum Gasteiger partial charge on any atom is 0.221 e.